The number of nitrogens with two attached hydrogens (primary N) is 1. The van der Waals surface area contributed by atoms with Crippen LogP contribution in [-0.4, -0.2) is 15.1 Å². The molecule has 7 heteroatoms. The molecule has 0 amide bonds. The Morgan fingerprint density at radius 2 is 1.39 bits per heavy atom. The van der Waals surface area contributed by atoms with Gasteiger partial charge in [0.15, 0.2) is 6.20 Å². The van der Waals surface area contributed by atoms with Crippen LogP contribution in [0.5, 0.6) is 0 Å². The summed E-state index contributed by atoms with van der Waals surface area (Å²) in [5.74, 6) is 0. The standard InChI is InChI=1S/C13H9NS2.C13H9NS.Be.H2N/c15-11-7-3-1-5-9(11)13-14-10-6-2-4-8-12(10)16-13;15-11-5-1-3-9-6-7-10-4-2-8-14-13(10)12(9)11;;/h1-8,15H;1-8,15H;;1H2/q;;+2;-1/p-1. The summed E-state index contributed by atoms with van der Waals surface area (Å²) >= 11 is 12.4. The molecule has 6 rings (SSSR count). The van der Waals surface area contributed by atoms with Gasteiger partial charge in [-0.1, -0.05) is 60.7 Å². The van der Waals surface area contributed by atoms with E-state index in [1.807, 2.05) is 66.9 Å². The van der Waals surface area contributed by atoms with Crippen molar-refractivity contribution in [2.45, 2.75) is 9.79 Å². The quantitative estimate of drug-likeness (QED) is 0.146. The number of benzene rings is 4. The van der Waals surface area contributed by atoms with E-state index >= 15 is 0 Å². The molecule has 0 radical (unpaired) electrons. The van der Waals surface area contributed by atoms with Crippen molar-refractivity contribution in [1.82, 2.24) is 4.98 Å². The maximum atomic E-state index is 5.36. The third-order valence-corrected chi connectivity index (χ3v) is 6.82. The van der Waals surface area contributed by atoms with Gasteiger partial charge in [-0.05, 0) is 35.2 Å². The number of aromatic amines is 1. The third-order valence-electron chi connectivity index (χ3n) is 5.05. The van der Waals surface area contributed by atoms with Gasteiger partial charge in [-0.2, -0.15) is 9.79 Å². The van der Waals surface area contributed by atoms with Gasteiger partial charge in [-0.25, -0.2) is 9.97 Å². The van der Waals surface area contributed by atoms with Crippen LogP contribution in [-0.2, 0) is 25.3 Å². The van der Waals surface area contributed by atoms with Gasteiger partial charge in [0.05, 0.1) is 10.2 Å². The van der Waals surface area contributed by atoms with Crippen LogP contribution in [0.15, 0.2) is 107 Å². The van der Waals surface area contributed by atoms with Crippen molar-refractivity contribution in [3.05, 3.63) is 103 Å². The van der Waals surface area contributed by atoms with Gasteiger partial charge < -0.3 is 31.4 Å². The van der Waals surface area contributed by atoms with E-state index in [0.717, 1.165) is 36.8 Å². The fraction of sp³-hybridized carbons (Fsp3) is 0. The fourth-order valence-corrected chi connectivity index (χ4v) is 5.18. The molecule has 0 saturated heterocycles. The molecule has 4 aromatic carbocycles. The van der Waals surface area contributed by atoms with Gasteiger partial charge in [-0.15, -0.1) is 11.3 Å². The van der Waals surface area contributed by atoms with E-state index in [1.165, 1.54) is 15.5 Å². The first-order valence-electron chi connectivity index (χ1n) is 9.82. The van der Waals surface area contributed by atoms with Crippen LogP contribution in [0, 0.1) is 0 Å². The van der Waals surface area contributed by atoms with Crippen molar-refractivity contribution in [1.29, 1.82) is 0 Å². The summed E-state index contributed by atoms with van der Waals surface area (Å²) in [5, 5.41) is 4.54. The maximum absolute atomic E-state index is 5.36. The van der Waals surface area contributed by atoms with Crippen LogP contribution in [0.4, 0.5) is 0 Å². The predicted molar refractivity (Wildman–Crippen MR) is 145 cm³/mol. The molecule has 0 aliphatic heterocycles. The molecule has 0 unspecified atom stereocenters. The SMILES string of the molecule is [Be+2].[NH2-].[S-]c1cccc2ccc3ccc[nH+]c3c12.[S-]c1ccccc1-c1nc2ccccc2s1. The van der Waals surface area contributed by atoms with Gasteiger partial charge in [-0.3, -0.25) is 0 Å². The number of pyridine rings is 1. The summed E-state index contributed by atoms with van der Waals surface area (Å²) in [5.41, 5.74) is 3.22. The number of rotatable bonds is 1. The van der Waals surface area contributed by atoms with Crippen molar-refractivity contribution in [2.24, 2.45) is 0 Å². The molecule has 0 bridgehead atoms. The molecule has 0 saturated carbocycles. The summed E-state index contributed by atoms with van der Waals surface area (Å²) in [7, 11) is 0. The molecule has 2 aromatic heterocycles. The van der Waals surface area contributed by atoms with Gasteiger partial charge >= 0.3 is 10.1 Å². The van der Waals surface area contributed by atoms with Crippen molar-refractivity contribution >= 4 is 78.6 Å². The average molecular weight is 479 g/mol. The molecule has 0 aliphatic rings. The first-order chi connectivity index (χ1) is 15.2. The van der Waals surface area contributed by atoms with Crippen LogP contribution in [0.1, 0.15) is 0 Å². The maximum Gasteiger partial charge on any atom is 2.00 e. The molecule has 0 fully saturated rings. The predicted octanol–water partition coefficient (Wildman–Crippen LogP) is 6.92. The number of nitrogens with one attached hydrogen (secondary N) is 1. The van der Waals surface area contributed by atoms with E-state index < -0.39 is 0 Å². The Kier molecular flexibility index (Phi) is 8.03. The zero-order valence-electron chi connectivity index (χ0n) is 17.7. The van der Waals surface area contributed by atoms with E-state index in [2.05, 4.69) is 40.3 Å². The molecule has 33 heavy (non-hydrogen) atoms. The minimum atomic E-state index is 0. The molecule has 2 heterocycles. The van der Waals surface area contributed by atoms with Crippen molar-refractivity contribution < 1.29 is 4.98 Å². The van der Waals surface area contributed by atoms with Crippen LogP contribution in [0.25, 0.3) is 48.6 Å². The second-order valence-corrected chi connectivity index (χ2v) is 8.95. The summed E-state index contributed by atoms with van der Waals surface area (Å²) < 4.78 is 1.20. The van der Waals surface area contributed by atoms with Crippen molar-refractivity contribution in [2.75, 3.05) is 0 Å². The number of hydrogen-bond donors (Lipinski definition) is 0. The molecule has 0 atom stereocenters. The van der Waals surface area contributed by atoms with Crippen molar-refractivity contribution in [3.8, 4) is 10.6 Å². The van der Waals surface area contributed by atoms with Crippen LogP contribution >= 0.6 is 11.3 Å². The zero-order valence-corrected chi connectivity index (χ0v) is 20.1. The molecule has 3 N–H and O–H groups in total. The van der Waals surface area contributed by atoms with E-state index in [9.17, 15) is 0 Å². The van der Waals surface area contributed by atoms with E-state index in [0.29, 0.717) is 0 Å². The van der Waals surface area contributed by atoms with Gasteiger partial charge in [0, 0.05) is 16.8 Å². The Morgan fingerprint density at radius 3 is 2.21 bits per heavy atom. The Hall–Kier alpha value is -2.99. The summed E-state index contributed by atoms with van der Waals surface area (Å²) in [6.07, 6.45) is 1.93. The summed E-state index contributed by atoms with van der Waals surface area (Å²) in [6.45, 7) is 0. The number of fused-ring (bicyclic) bond motifs is 4. The first-order valence-corrected chi connectivity index (χ1v) is 11.5. The minimum absolute atomic E-state index is 0. The molecule has 0 aliphatic carbocycles. The number of hydrogen-bond acceptors (Lipinski definition) is 4. The van der Waals surface area contributed by atoms with Crippen molar-refractivity contribution in [3.63, 3.8) is 0 Å². The Morgan fingerprint density at radius 1 is 0.697 bits per heavy atom. The second-order valence-electron chi connectivity index (χ2n) is 7.04. The molecule has 0 spiro atoms. The molecular weight excluding hydrogens is 460 g/mol. The monoisotopic (exact) mass is 478 g/mol. The van der Waals surface area contributed by atoms with Crippen LogP contribution in [0.2, 0.25) is 0 Å². The number of H-pyrrole nitrogens is 1. The largest absolute Gasteiger partial charge is 2.00 e. The van der Waals surface area contributed by atoms with E-state index in [1.54, 1.807) is 11.3 Å². The number of aromatic nitrogens is 2. The zero-order chi connectivity index (χ0) is 21.2. The fourth-order valence-electron chi connectivity index (χ4n) is 3.57. The first kappa shape index (κ1) is 24.6. The molecule has 6 aromatic rings. The molecule has 3 nitrogen and oxygen atoms in total. The van der Waals surface area contributed by atoms with Crippen LogP contribution < -0.4 is 4.98 Å². The van der Waals surface area contributed by atoms with E-state index in [-0.39, 0.29) is 16.3 Å². The number of thiazole rings is 1. The van der Waals surface area contributed by atoms with E-state index in [4.69, 9.17) is 25.3 Å². The minimum Gasteiger partial charge on any atom is -0.779 e. The van der Waals surface area contributed by atoms with Gasteiger partial charge in [0.2, 0.25) is 5.52 Å². The third kappa shape index (κ3) is 5.01. The van der Waals surface area contributed by atoms with Crippen LogP contribution in [0.3, 0.4) is 0 Å². The number of nitrogens with zero attached hydrogens (tertiary/aromatic N) is 1. The number of para-hydroxylation sites is 1. The molecule has 158 valence electrons. The summed E-state index contributed by atoms with van der Waals surface area (Å²) in [6, 6.07) is 30.5. The Labute approximate surface area is 211 Å². The van der Waals surface area contributed by atoms with Gasteiger partial charge in [0.1, 0.15) is 5.01 Å². The Bertz CT molecular complexity index is 1500. The normalized spacial score (nSPS) is 10.2. The summed E-state index contributed by atoms with van der Waals surface area (Å²) in [4.78, 5) is 9.63. The average Bonchev–Trinajstić information content (AvgIpc) is 3.24. The topological polar surface area (TPSA) is 60.5 Å². The molecular formula is C26H19BeN3S3. The second kappa shape index (κ2) is 10.8. The smallest absolute Gasteiger partial charge is 0.779 e. The Balaban J connectivity index is 0.000000175. The van der Waals surface area contributed by atoms with Gasteiger partial charge in [0.25, 0.3) is 0 Å².